The first-order valence-electron chi connectivity index (χ1n) is 7.56. The summed E-state index contributed by atoms with van der Waals surface area (Å²) in [6.45, 7) is 0. The molecule has 0 aliphatic carbocycles. The third-order valence-corrected chi connectivity index (χ3v) is 3.97. The topological polar surface area (TPSA) is 55.4 Å². The Hall–Kier alpha value is -2.92. The zero-order chi connectivity index (χ0) is 17.6. The molecule has 124 valence electrons. The van der Waals surface area contributed by atoms with Crippen LogP contribution in [0.4, 0.5) is 5.69 Å². The van der Waals surface area contributed by atoms with Crippen molar-refractivity contribution >= 4 is 33.5 Å². The molecule has 0 spiro atoms. The summed E-state index contributed by atoms with van der Waals surface area (Å²) >= 11 is 3.33. The van der Waals surface area contributed by atoms with Gasteiger partial charge in [-0.3, -0.25) is 4.79 Å². The van der Waals surface area contributed by atoms with Crippen molar-refractivity contribution in [2.45, 2.75) is 0 Å². The number of rotatable bonds is 4. The molecule has 5 heteroatoms. The minimum Gasteiger partial charge on any atom is -0.423 e. The molecule has 0 bridgehead atoms. The lowest BCUT2D eigenvalue weighted by Crippen LogP contribution is -2.12. The van der Waals surface area contributed by atoms with E-state index in [9.17, 15) is 9.59 Å². The van der Waals surface area contributed by atoms with E-state index in [0.717, 1.165) is 4.47 Å². The molecule has 25 heavy (non-hydrogen) atoms. The van der Waals surface area contributed by atoms with Crippen molar-refractivity contribution < 1.29 is 14.3 Å². The van der Waals surface area contributed by atoms with Gasteiger partial charge in [-0.15, -0.1) is 0 Å². The number of hydrogen-bond donors (Lipinski definition) is 1. The van der Waals surface area contributed by atoms with Crippen LogP contribution in [0.15, 0.2) is 83.3 Å². The predicted molar refractivity (Wildman–Crippen MR) is 99.9 cm³/mol. The summed E-state index contributed by atoms with van der Waals surface area (Å²) in [5.74, 6) is -0.177. The third kappa shape index (κ3) is 4.55. The van der Waals surface area contributed by atoms with Gasteiger partial charge in [0, 0.05) is 15.7 Å². The summed E-state index contributed by atoms with van der Waals surface area (Å²) in [5.41, 5.74) is 1.56. The minimum absolute atomic E-state index is 0.216. The van der Waals surface area contributed by atoms with Gasteiger partial charge in [-0.25, -0.2) is 4.79 Å². The number of carbonyl (C=O) groups is 2. The van der Waals surface area contributed by atoms with Crippen LogP contribution in [-0.2, 0) is 0 Å². The lowest BCUT2D eigenvalue weighted by Gasteiger charge is -2.07. The highest BCUT2D eigenvalue weighted by atomic mass is 79.9. The van der Waals surface area contributed by atoms with Crippen LogP contribution in [0.25, 0.3) is 0 Å². The quantitative estimate of drug-likeness (QED) is 0.503. The molecule has 1 N–H and O–H groups in total. The smallest absolute Gasteiger partial charge is 0.343 e. The van der Waals surface area contributed by atoms with Crippen LogP contribution >= 0.6 is 15.9 Å². The van der Waals surface area contributed by atoms with E-state index in [0.29, 0.717) is 22.6 Å². The van der Waals surface area contributed by atoms with Crippen LogP contribution in [-0.4, -0.2) is 11.9 Å². The second kappa shape index (κ2) is 7.77. The van der Waals surface area contributed by atoms with Crippen LogP contribution in [0.1, 0.15) is 20.7 Å². The molecule has 0 aliphatic rings. The maximum atomic E-state index is 12.2. The molecule has 3 aromatic carbocycles. The number of anilines is 1. The van der Waals surface area contributed by atoms with Crippen LogP contribution in [0.5, 0.6) is 5.75 Å². The first-order valence-corrected chi connectivity index (χ1v) is 8.35. The fraction of sp³-hybridized carbons (Fsp3) is 0. The lowest BCUT2D eigenvalue weighted by molar-refractivity contribution is 0.0734. The summed E-state index contributed by atoms with van der Waals surface area (Å²) in [4.78, 5) is 24.3. The van der Waals surface area contributed by atoms with Gasteiger partial charge in [0.25, 0.3) is 5.91 Å². The fourth-order valence-electron chi connectivity index (χ4n) is 2.15. The van der Waals surface area contributed by atoms with Gasteiger partial charge in [-0.1, -0.05) is 34.1 Å². The zero-order valence-corrected chi connectivity index (χ0v) is 14.7. The van der Waals surface area contributed by atoms with Gasteiger partial charge in [-0.2, -0.15) is 0 Å². The predicted octanol–water partition coefficient (Wildman–Crippen LogP) is 4.92. The Morgan fingerprint density at radius 2 is 1.36 bits per heavy atom. The molecule has 0 saturated heterocycles. The zero-order valence-electron chi connectivity index (χ0n) is 13.1. The SMILES string of the molecule is O=C(Nc1ccc(C(=O)Oc2ccccc2)cc1)c1ccc(Br)cc1. The van der Waals surface area contributed by atoms with Gasteiger partial charge < -0.3 is 10.1 Å². The number of para-hydroxylation sites is 1. The number of hydrogen-bond acceptors (Lipinski definition) is 3. The normalized spacial score (nSPS) is 10.1. The van der Waals surface area contributed by atoms with E-state index in [4.69, 9.17) is 4.74 Å². The van der Waals surface area contributed by atoms with E-state index >= 15 is 0 Å². The standard InChI is InChI=1S/C20H14BrNO3/c21-16-10-6-14(7-11-16)19(23)22-17-12-8-15(9-13-17)20(24)25-18-4-2-1-3-5-18/h1-13H,(H,22,23). The largest absolute Gasteiger partial charge is 0.423 e. The second-order valence-corrected chi connectivity index (χ2v) is 6.16. The van der Waals surface area contributed by atoms with Crippen molar-refractivity contribution in [3.05, 3.63) is 94.5 Å². The van der Waals surface area contributed by atoms with E-state index in [1.165, 1.54) is 0 Å². The average Bonchev–Trinajstić information content (AvgIpc) is 2.63. The van der Waals surface area contributed by atoms with E-state index in [2.05, 4.69) is 21.2 Å². The second-order valence-electron chi connectivity index (χ2n) is 5.24. The highest BCUT2D eigenvalue weighted by molar-refractivity contribution is 9.10. The van der Waals surface area contributed by atoms with Crippen molar-refractivity contribution in [2.24, 2.45) is 0 Å². The fourth-order valence-corrected chi connectivity index (χ4v) is 2.41. The summed E-state index contributed by atoms with van der Waals surface area (Å²) in [7, 11) is 0. The number of benzene rings is 3. The first kappa shape index (κ1) is 16.9. The minimum atomic E-state index is -0.447. The Morgan fingerprint density at radius 3 is 2.00 bits per heavy atom. The highest BCUT2D eigenvalue weighted by Crippen LogP contribution is 2.16. The van der Waals surface area contributed by atoms with Gasteiger partial charge in [0.05, 0.1) is 5.56 Å². The number of ether oxygens (including phenoxy) is 1. The molecule has 0 atom stereocenters. The number of halogens is 1. The maximum Gasteiger partial charge on any atom is 0.343 e. The Labute approximate surface area is 153 Å². The van der Waals surface area contributed by atoms with Crippen molar-refractivity contribution in [1.29, 1.82) is 0 Å². The van der Waals surface area contributed by atoms with Gasteiger partial charge >= 0.3 is 5.97 Å². The van der Waals surface area contributed by atoms with Crippen LogP contribution in [0.2, 0.25) is 0 Å². The Morgan fingerprint density at radius 1 is 0.760 bits per heavy atom. The number of nitrogens with one attached hydrogen (secondary N) is 1. The number of esters is 1. The molecule has 3 rings (SSSR count). The van der Waals surface area contributed by atoms with Crippen molar-refractivity contribution in [3.63, 3.8) is 0 Å². The van der Waals surface area contributed by atoms with Gasteiger partial charge in [0.2, 0.25) is 0 Å². The molecule has 0 fully saturated rings. The molecule has 0 radical (unpaired) electrons. The molecule has 4 nitrogen and oxygen atoms in total. The average molecular weight is 396 g/mol. The Kier molecular flexibility index (Phi) is 5.26. The molecule has 0 aromatic heterocycles. The number of amides is 1. The molecule has 0 saturated carbocycles. The highest BCUT2D eigenvalue weighted by Gasteiger charge is 2.10. The monoisotopic (exact) mass is 395 g/mol. The van der Waals surface area contributed by atoms with E-state index in [1.807, 2.05) is 6.07 Å². The van der Waals surface area contributed by atoms with Gasteiger partial charge in [-0.05, 0) is 60.7 Å². The van der Waals surface area contributed by atoms with Crippen molar-refractivity contribution in [1.82, 2.24) is 0 Å². The summed E-state index contributed by atoms with van der Waals surface area (Å²) in [6, 6.07) is 22.5. The molecular formula is C20H14BrNO3. The summed E-state index contributed by atoms with van der Waals surface area (Å²) in [6.07, 6.45) is 0. The molecule has 0 aliphatic heterocycles. The Balaban J connectivity index is 1.64. The van der Waals surface area contributed by atoms with E-state index in [1.54, 1.807) is 72.8 Å². The van der Waals surface area contributed by atoms with Crippen molar-refractivity contribution in [2.75, 3.05) is 5.32 Å². The summed E-state index contributed by atoms with van der Waals surface area (Å²) < 4.78 is 6.18. The van der Waals surface area contributed by atoms with E-state index < -0.39 is 5.97 Å². The lowest BCUT2D eigenvalue weighted by atomic mass is 10.2. The van der Waals surface area contributed by atoms with Crippen LogP contribution in [0.3, 0.4) is 0 Å². The summed E-state index contributed by atoms with van der Waals surface area (Å²) in [5, 5.41) is 2.79. The van der Waals surface area contributed by atoms with Crippen LogP contribution in [0, 0.1) is 0 Å². The van der Waals surface area contributed by atoms with Crippen molar-refractivity contribution in [3.8, 4) is 5.75 Å². The molecule has 0 unspecified atom stereocenters. The van der Waals surface area contributed by atoms with Gasteiger partial charge in [0.15, 0.2) is 0 Å². The third-order valence-electron chi connectivity index (χ3n) is 3.44. The molecule has 0 heterocycles. The molecular weight excluding hydrogens is 382 g/mol. The van der Waals surface area contributed by atoms with Gasteiger partial charge in [0.1, 0.15) is 5.75 Å². The maximum absolute atomic E-state index is 12.2. The molecule has 3 aromatic rings. The number of carbonyl (C=O) groups excluding carboxylic acids is 2. The Bertz CT molecular complexity index is 875. The molecule has 1 amide bonds. The van der Waals surface area contributed by atoms with E-state index in [-0.39, 0.29) is 5.91 Å². The van der Waals surface area contributed by atoms with Crippen LogP contribution < -0.4 is 10.1 Å². The first-order chi connectivity index (χ1) is 12.1.